The molecule has 0 amide bonds. The van der Waals surface area contributed by atoms with E-state index in [0.29, 0.717) is 5.02 Å². The number of unbranched alkanes of at least 4 members (excludes halogenated alkanes) is 2. The number of anilines is 2. The van der Waals surface area contributed by atoms with Crippen LogP contribution in [0.15, 0.2) is 47.5 Å². The molecule has 0 fully saturated rings. The Morgan fingerprint density at radius 3 is 2.43 bits per heavy atom. The monoisotopic (exact) mass is 353 g/mol. The van der Waals surface area contributed by atoms with E-state index in [2.05, 4.69) is 21.9 Å². The zero-order chi connectivity index (χ0) is 16.7. The van der Waals surface area contributed by atoms with Crippen LogP contribution in [0.4, 0.5) is 11.5 Å². The van der Waals surface area contributed by atoms with Gasteiger partial charge in [0.25, 0.3) is 10.0 Å². The molecule has 2 aromatic rings. The molecule has 2 rings (SSSR count). The van der Waals surface area contributed by atoms with E-state index in [-0.39, 0.29) is 10.7 Å². The molecule has 0 bridgehead atoms. The quantitative estimate of drug-likeness (QED) is 0.700. The van der Waals surface area contributed by atoms with Crippen molar-refractivity contribution in [3.8, 4) is 0 Å². The van der Waals surface area contributed by atoms with Crippen LogP contribution in [-0.4, -0.2) is 19.9 Å². The molecule has 0 saturated carbocycles. The number of halogens is 1. The number of sulfonamides is 1. The van der Waals surface area contributed by atoms with E-state index in [9.17, 15) is 8.42 Å². The van der Waals surface area contributed by atoms with Gasteiger partial charge in [0.05, 0.1) is 16.8 Å². The third kappa shape index (κ3) is 5.41. The van der Waals surface area contributed by atoms with Crippen molar-refractivity contribution in [1.29, 1.82) is 0 Å². The molecular weight excluding hydrogens is 334 g/mol. The van der Waals surface area contributed by atoms with Crippen molar-refractivity contribution < 1.29 is 8.42 Å². The molecule has 1 aromatic heterocycles. The number of hydrogen-bond donors (Lipinski definition) is 2. The van der Waals surface area contributed by atoms with E-state index in [1.54, 1.807) is 18.3 Å². The van der Waals surface area contributed by atoms with Gasteiger partial charge in [-0.2, -0.15) is 0 Å². The van der Waals surface area contributed by atoms with Crippen LogP contribution in [0.2, 0.25) is 5.02 Å². The van der Waals surface area contributed by atoms with Crippen molar-refractivity contribution in [3.63, 3.8) is 0 Å². The molecule has 124 valence electrons. The van der Waals surface area contributed by atoms with Crippen LogP contribution in [0.25, 0.3) is 0 Å². The molecule has 2 N–H and O–H groups in total. The van der Waals surface area contributed by atoms with Gasteiger partial charge < -0.3 is 5.32 Å². The molecule has 0 unspecified atom stereocenters. The smallest absolute Gasteiger partial charge is 0.263 e. The second kappa shape index (κ2) is 8.17. The predicted molar refractivity (Wildman–Crippen MR) is 94.5 cm³/mol. The average Bonchev–Trinajstić information content (AvgIpc) is 2.53. The van der Waals surface area contributed by atoms with E-state index >= 15 is 0 Å². The number of rotatable bonds is 8. The molecule has 0 spiro atoms. The second-order valence-electron chi connectivity index (χ2n) is 5.13. The Balaban J connectivity index is 1.98. The topological polar surface area (TPSA) is 71.1 Å². The van der Waals surface area contributed by atoms with Crippen LogP contribution in [-0.2, 0) is 10.0 Å². The van der Waals surface area contributed by atoms with Gasteiger partial charge in [-0.15, -0.1) is 0 Å². The lowest BCUT2D eigenvalue weighted by atomic mass is 10.2. The minimum atomic E-state index is -3.66. The minimum absolute atomic E-state index is 0.144. The first-order valence-electron chi connectivity index (χ1n) is 7.49. The fraction of sp³-hybridized carbons (Fsp3) is 0.312. The van der Waals surface area contributed by atoms with Crippen molar-refractivity contribution in [2.24, 2.45) is 0 Å². The zero-order valence-corrected chi connectivity index (χ0v) is 14.5. The first-order chi connectivity index (χ1) is 11.0. The summed E-state index contributed by atoms with van der Waals surface area (Å²) in [4.78, 5) is 4.27. The Labute approximate surface area is 142 Å². The lowest BCUT2D eigenvalue weighted by Crippen LogP contribution is -2.13. The van der Waals surface area contributed by atoms with Crippen LogP contribution in [0.5, 0.6) is 0 Å². The summed E-state index contributed by atoms with van der Waals surface area (Å²) in [6.07, 6.45) is 5.07. The molecule has 0 aliphatic heterocycles. The van der Waals surface area contributed by atoms with Crippen LogP contribution < -0.4 is 10.0 Å². The second-order valence-corrected chi connectivity index (χ2v) is 7.24. The largest absolute Gasteiger partial charge is 0.384 e. The normalized spacial score (nSPS) is 11.2. The third-order valence-electron chi connectivity index (χ3n) is 3.24. The van der Waals surface area contributed by atoms with Gasteiger partial charge in [0.1, 0.15) is 5.82 Å². The minimum Gasteiger partial charge on any atom is -0.384 e. The van der Waals surface area contributed by atoms with Gasteiger partial charge in [0, 0.05) is 11.6 Å². The summed E-state index contributed by atoms with van der Waals surface area (Å²) in [5.41, 5.74) is 0.871. The molecule has 1 heterocycles. The number of hydrogen-bond acceptors (Lipinski definition) is 4. The maximum Gasteiger partial charge on any atom is 0.263 e. The van der Waals surface area contributed by atoms with Crippen molar-refractivity contribution in [2.45, 2.75) is 31.1 Å². The summed E-state index contributed by atoms with van der Waals surface area (Å²) in [6.45, 7) is 3.04. The van der Waals surface area contributed by atoms with Gasteiger partial charge in [-0.1, -0.05) is 31.4 Å². The summed E-state index contributed by atoms with van der Waals surface area (Å²) in [7, 11) is -3.66. The first kappa shape index (κ1) is 17.6. The molecule has 1 aromatic carbocycles. The van der Waals surface area contributed by atoms with Crippen molar-refractivity contribution in [1.82, 2.24) is 4.98 Å². The zero-order valence-electron chi connectivity index (χ0n) is 12.9. The van der Waals surface area contributed by atoms with Crippen molar-refractivity contribution >= 4 is 33.1 Å². The third-order valence-corrected chi connectivity index (χ3v) is 4.86. The number of benzene rings is 1. The maximum absolute atomic E-state index is 12.2. The Morgan fingerprint density at radius 2 is 1.83 bits per heavy atom. The van der Waals surface area contributed by atoms with Crippen LogP contribution in [0.3, 0.4) is 0 Å². The molecule has 0 atom stereocenters. The fourth-order valence-electron chi connectivity index (χ4n) is 1.98. The molecule has 0 radical (unpaired) electrons. The number of nitrogens with zero attached hydrogens (tertiary/aromatic N) is 1. The van der Waals surface area contributed by atoms with E-state index in [0.717, 1.165) is 18.7 Å². The van der Waals surface area contributed by atoms with E-state index in [1.807, 2.05) is 0 Å². The fourth-order valence-corrected chi connectivity index (χ4v) is 3.11. The number of pyridine rings is 1. The SMILES string of the molecule is CCCCCNc1ccc(NS(=O)(=O)c2ccc(Cl)cc2)nc1. The number of nitrogens with one attached hydrogen (secondary N) is 2. The molecule has 0 saturated heterocycles. The average molecular weight is 354 g/mol. The maximum atomic E-state index is 12.2. The molecule has 0 aliphatic carbocycles. The Morgan fingerprint density at radius 1 is 1.09 bits per heavy atom. The highest BCUT2D eigenvalue weighted by atomic mass is 35.5. The highest BCUT2D eigenvalue weighted by Crippen LogP contribution is 2.18. The van der Waals surface area contributed by atoms with Crippen LogP contribution >= 0.6 is 11.6 Å². The van der Waals surface area contributed by atoms with Gasteiger partial charge in [-0.05, 0) is 42.8 Å². The molecule has 23 heavy (non-hydrogen) atoms. The summed E-state index contributed by atoms with van der Waals surface area (Å²) < 4.78 is 26.9. The van der Waals surface area contributed by atoms with E-state index in [4.69, 9.17) is 11.6 Å². The highest BCUT2D eigenvalue weighted by molar-refractivity contribution is 7.92. The van der Waals surface area contributed by atoms with E-state index < -0.39 is 10.0 Å². The van der Waals surface area contributed by atoms with Gasteiger partial charge in [0.15, 0.2) is 0 Å². The molecule has 7 heteroatoms. The lowest BCUT2D eigenvalue weighted by Gasteiger charge is -2.09. The Bertz CT molecular complexity index is 716. The highest BCUT2D eigenvalue weighted by Gasteiger charge is 2.14. The summed E-state index contributed by atoms with van der Waals surface area (Å²) in [5, 5.41) is 3.74. The summed E-state index contributed by atoms with van der Waals surface area (Å²) in [6, 6.07) is 9.41. The van der Waals surface area contributed by atoms with Crippen molar-refractivity contribution in [2.75, 3.05) is 16.6 Å². The Hall–Kier alpha value is -1.79. The van der Waals surface area contributed by atoms with Gasteiger partial charge in [0.2, 0.25) is 0 Å². The Kier molecular flexibility index (Phi) is 6.24. The van der Waals surface area contributed by atoms with Crippen LogP contribution in [0.1, 0.15) is 26.2 Å². The van der Waals surface area contributed by atoms with E-state index in [1.165, 1.54) is 37.1 Å². The molecular formula is C16H20ClN3O2S. The summed E-state index contributed by atoms with van der Waals surface area (Å²) in [5.74, 6) is 0.277. The lowest BCUT2D eigenvalue weighted by molar-refractivity contribution is 0.601. The summed E-state index contributed by atoms with van der Waals surface area (Å²) >= 11 is 5.77. The van der Waals surface area contributed by atoms with Gasteiger partial charge >= 0.3 is 0 Å². The van der Waals surface area contributed by atoms with Crippen molar-refractivity contribution in [3.05, 3.63) is 47.6 Å². The van der Waals surface area contributed by atoms with Crippen LogP contribution in [0, 0.1) is 0 Å². The predicted octanol–water partition coefficient (Wildman–Crippen LogP) is 4.14. The number of aromatic nitrogens is 1. The standard InChI is InChI=1S/C16H20ClN3O2S/c1-2-3-4-11-18-14-7-10-16(19-12-14)20-23(21,22)15-8-5-13(17)6-9-15/h5-10,12,18H,2-4,11H2,1H3,(H,19,20). The molecule has 0 aliphatic rings. The first-order valence-corrected chi connectivity index (χ1v) is 9.35. The van der Waals surface area contributed by atoms with Gasteiger partial charge in [-0.25, -0.2) is 13.4 Å². The molecule has 5 nitrogen and oxygen atoms in total. The van der Waals surface area contributed by atoms with Gasteiger partial charge in [-0.3, -0.25) is 4.72 Å².